The number of aromatic hydroxyl groups is 1. The van der Waals surface area contributed by atoms with Crippen LogP contribution >= 0.6 is 0 Å². The minimum absolute atomic E-state index is 0.0193. The van der Waals surface area contributed by atoms with E-state index in [2.05, 4.69) is 9.71 Å². The number of nitrogens with zero attached hydrogens (tertiary/aromatic N) is 3. The third-order valence-electron chi connectivity index (χ3n) is 5.34. The van der Waals surface area contributed by atoms with Gasteiger partial charge in [0, 0.05) is 6.20 Å². The smallest absolute Gasteiger partial charge is 0.286 e. The zero-order chi connectivity index (χ0) is 22.6. The SMILES string of the molecule is Cc1cc(Cn2c(=O)c(C3=NS(=O)(=O)c4ccccc4N3)c(O)c3cccn32)ccc1F. The minimum Gasteiger partial charge on any atom is -0.505 e. The summed E-state index contributed by atoms with van der Waals surface area (Å²) in [6, 6.07) is 13.9. The summed E-state index contributed by atoms with van der Waals surface area (Å²) >= 11 is 0. The van der Waals surface area contributed by atoms with Gasteiger partial charge in [-0.3, -0.25) is 9.31 Å². The van der Waals surface area contributed by atoms with Crippen LogP contribution in [-0.4, -0.2) is 28.6 Å². The average Bonchev–Trinajstić information content (AvgIpc) is 3.23. The van der Waals surface area contributed by atoms with Gasteiger partial charge in [0.25, 0.3) is 15.6 Å². The highest BCUT2D eigenvalue weighted by Crippen LogP contribution is 2.30. The highest BCUT2D eigenvalue weighted by Gasteiger charge is 2.29. The summed E-state index contributed by atoms with van der Waals surface area (Å²) in [4.78, 5) is 13.5. The Balaban J connectivity index is 1.73. The topological polar surface area (TPSA) is 105 Å². The number of rotatable bonds is 3. The number of benzene rings is 2. The van der Waals surface area contributed by atoms with Crippen LogP contribution in [0.5, 0.6) is 5.75 Å². The molecule has 8 nitrogen and oxygen atoms in total. The molecule has 1 aliphatic rings. The fourth-order valence-corrected chi connectivity index (χ4v) is 4.91. The predicted octanol–water partition coefficient (Wildman–Crippen LogP) is 2.86. The van der Waals surface area contributed by atoms with Gasteiger partial charge in [0.15, 0.2) is 11.6 Å². The molecule has 5 rings (SSSR count). The molecule has 0 atom stereocenters. The number of amidine groups is 1. The molecule has 2 aromatic carbocycles. The summed E-state index contributed by atoms with van der Waals surface area (Å²) in [5.41, 5.74) is 0.710. The van der Waals surface area contributed by atoms with Crippen LogP contribution in [0.25, 0.3) is 5.52 Å². The maximum Gasteiger partial charge on any atom is 0.286 e. The zero-order valence-electron chi connectivity index (χ0n) is 16.8. The number of para-hydroxylation sites is 1. The Kier molecular flexibility index (Phi) is 4.41. The Bertz CT molecular complexity index is 1600. The van der Waals surface area contributed by atoms with Crippen LogP contribution in [0, 0.1) is 12.7 Å². The van der Waals surface area contributed by atoms with Crippen molar-refractivity contribution >= 4 is 27.1 Å². The number of anilines is 1. The number of aromatic nitrogens is 2. The number of aryl methyl sites for hydroxylation is 1. The Morgan fingerprint density at radius 2 is 1.91 bits per heavy atom. The van der Waals surface area contributed by atoms with Gasteiger partial charge in [0.2, 0.25) is 0 Å². The first-order valence-corrected chi connectivity index (χ1v) is 11.1. The summed E-state index contributed by atoms with van der Waals surface area (Å²) < 4.78 is 45.6. The summed E-state index contributed by atoms with van der Waals surface area (Å²) in [6.45, 7) is 1.69. The van der Waals surface area contributed by atoms with Crippen LogP contribution in [-0.2, 0) is 16.6 Å². The van der Waals surface area contributed by atoms with E-state index in [0.717, 1.165) is 0 Å². The van der Waals surface area contributed by atoms with Crippen molar-refractivity contribution in [2.75, 3.05) is 5.32 Å². The maximum absolute atomic E-state index is 13.7. The summed E-state index contributed by atoms with van der Waals surface area (Å²) in [5.74, 6) is -1.02. The Labute approximate surface area is 181 Å². The molecular weight excluding hydrogens is 435 g/mol. The second-order valence-electron chi connectivity index (χ2n) is 7.44. The highest BCUT2D eigenvalue weighted by molar-refractivity contribution is 7.90. The Hall–Kier alpha value is -3.92. The molecule has 0 unspecified atom stereocenters. The van der Waals surface area contributed by atoms with E-state index >= 15 is 0 Å². The lowest BCUT2D eigenvalue weighted by molar-refractivity contribution is 0.466. The van der Waals surface area contributed by atoms with Gasteiger partial charge in [-0.2, -0.15) is 8.42 Å². The van der Waals surface area contributed by atoms with Crippen molar-refractivity contribution in [1.29, 1.82) is 0 Å². The van der Waals surface area contributed by atoms with Crippen molar-refractivity contribution in [2.24, 2.45) is 4.40 Å². The van der Waals surface area contributed by atoms with Crippen LogP contribution in [0.2, 0.25) is 0 Å². The molecule has 2 aromatic heterocycles. The first kappa shape index (κ1) is 20.0. The van der Waals surface area contributed by atoms with E-state index < -0.39 is 21.3 Å². The van der Waals surface area contributed by atoms with Crippen molar-refractivity contribution in [3.63, 3.8) is 0 Å². The third-order valence-corrected chi connectivity index (χ3v) is 6.67. The van der Waals surface area contributed by atoms with Crippen molar-refractivity contribution in [1.82, 2.24) is 9.20 Å². The molecule has 2 N–H and O–H groups in total. The average molecular weight is 452 g/mol. The minimum atomic E-state index is -4.08. The monoisotopic (exact) mass is 452 g/mol. The molecule has 4 aromatic rings. The summed E-state index contributed by atoms with van der Waals surface area (Å²) in [5, 5.41) is 13.7. The lowest BCUT2D eigenvalue weighted by Gasteiger charge is -2.20. The normalized spacial score (nSPS) is 14.6. The van der Waals surface area contributed by atoms with E-state index in [1.165, 1.54) is 21.3 Å². The van der Waals surface area contributed by atoms with Crippen molar-refractivity contribution in [2.45, 2.75) is 18.4 Å². The molecule has 0 bridgehead atoms. The molecule has 0 saturated carbocycles. The number of fused-ring (bicyclic) bond motifs is 2. The lowest BCUT2D eigenvalue weighted by Crippen LogP contribution is -2.35. The van der Waals surface area contributed by atoms with Crippen molar-refractivity contribution < 1.29 is 17.9 Å². The van der Waals surface area contributed by atoms with Gasteiger partial charge in [-0.05, 0) is 48.4 Å². The summed E-state index contributed by atoms with van der Waals surface area (Å²) in [6.07, 6.45) is 1.60. The second kappa shape index (κ2) is 7.06. The molecule has 162 valence electrons. The third kappa shape index (κ3) is 3.07. The zero-order valence-corrected chi connectivity index (χ0v) is 17.6. The van der Waals surface area contributed by atoms with Crippen molar-refractivity contribution in [3.8, 4) is 5.75 Å². The van der Waals surface area contributed by atoms with E-state index in [4.69, 9.17) is 0 Å². The van der Waals surface area contributed by atoms with E-state index in [9.17, 15) is 22.7 Å². The predicted molar refractivity (Wildman–Crippen MR) is 117 cm³/mol. The van der Waals surface area contributed by atoms with Gasteiger partial charge in [0.05, 0.1) is 12.2 Å². The molecule has 0 fully saturated rings. The molecule has 32 heavy (non-hydrogen) atoms. The largest absolute Gasteiger partial charge is 0.505 e. The van der Waals surface area contributed by atoms with E-state index in [0.29, 0.717) is 16.6 Å². The molecular formula is C22H17FN4O4S. The van der Waals surface area contributed by atoms with Gasteiger partial charge >= 0.3 is 0 Å². The number of nitrogens with one attached hydrogen (secondary N) is 1. The first-order chi connectivity index (χ1) is 15.3. The molecule has 0 radical (unpaired) electrons. The number of halogens is 1. The number of hydrogen-bond donors (Lipinski definition) is 2. The quantitative estimate of drug-likeness (QED) is 0.497. The van der Waals surface area contributed by atoms with E-state index in [1.807, 2.05) is 0 Å². The Morgan fingerprint density at radius 3 is 2.69 bits per heavy atom. The molecule has 3 heterocycles. The van der Waals surface area contributed by atoms with Crippen LogP contribution < -0.4 is 10.9 Å². The van der Waals surface area contributed by atoms with Gasteiger partial charge in [0.1, 0.15) is 21.8 Å². The fraction of sp³-hybridized carbons (Fsp3) is 0.0909. The molecule has 0 amide bonds. The lowest BCUT2D eigenvalue weighted by atomic mass is 10.1. The number of hydrogen-bond acceptors (Lipinski definition) is 5. The van der Waals surface area contributed by atoms with Gasteiger partial charge in [-0.25, -0.2) is 9.07 Å². The van der Waals surface area contributed by atoms with Crippen molar-refractivity contribution in [3.05, 3.63) is 93.7 Å². The van der Waals surface area contributed by atoms with E-state index in [1.54, 1.807) is 55.6 Å². The van der Waals surface area contributed by atoms with Crippen LogP contribution in [0.1, 0.15) is 16.7 Å². The molecule has 1 aliphatic heterocycles. The summed E-state index contributed by atoms with van der Waals surface area (Å²) in [7, 11) is -4.08. The highest BCUT2D eigenvalue weighted by atomic mass is 32.2. The van der Waals surface area contributed by atoms with Gasteiger partial charge in [-0.15, -0.1) is 4.40 Å². The van der Waals surface area contributed by atoms with Crippen LogP contribution in [0.4, 0.5) is 10.1 Å². The molecule has 0 spiro atoms. The molecule has 0 aliphatic carbocycles. The number of sulfonamides is 1. The first-order valence-electron chi connectivity index (χ1n) is 9.66. The van der Waals surface area contributed by atoms with E-state index in [-0.39, 0.29) is 34.3 Å². The van der Waals surface area contributed by atoms with Gasteiger partial charge < -0.3 is 10.4 Å². The fourth-order valence-electron chi connectivity index (χ4n) is 3.79. The second-order valence-corrected chi connectivity index (χ2v) is 9.02. The van der Waals surface area contributed by atoms with Gasteiger partial charge in [-0.1, -0.05) is 24.3 Å². The van der Waals surface area contributed by atoms with Crippen LogP contribution in [0.15, 0.2) is 74.9 Å². The molecule has 10 heteroatoms. The molecule has 0 saturated heterocycles. The standard InChI is InChI=1S/C22H17FN4O4S/c1-13-11-14(8-9-15(13)23)12-27-22(29)19(20(28)17-6-4-10-26(17)27)21-24-16-5-2-3-7-18(16)32(30,31)25-21/h2-11,28H,12H2,1H3,(H,24,25). The maximum atomic E-state index is 13.7. The Morgan fingerprint density at radius 1 is 1.12 bits per heavy atom. The van der Waals surface area contributed by atoms with Crippen LogP contribution in [0.3, 0.4) is 0 Å².